The molecule has 6 heteroatoms. The van der Waals surface area contributed by atoms with Crippen LogP contribution in [-0.4, -0.2) is 39.3 Å². The van der Waals surface area contributed by atoms with E-state index in [4.69, 9.17) is 20.8 Å². The normalized spacial score (nSPS) is 11.4. The Morgan fingerprint density at radius 3 is 2.50 bits per heavy atom. The van der Waals surface area contributed by atoms with Crippen molar-refractivity contribution < 1.29 is 19.4 Å². The zero-order valence-electron chi connectivity index (χ0n) is 7.90. The number of carbonyl (C=O) groups excluding carboxylic acids is 1. The fourth-order valence-corrected chi connectivity index (χ4v) is 0.646. The smallest absolute Gasteiger partial charge is 0.333 e. The number of rotatable bonds is 5. The molecule has 0 amide bonds. The molecule has 4 nitrogen and oxygen atoms in total. The average molecular weight is 192 g/mol. The van der Waals surface area contributed by atoms with Gasteiger partial charge < -0.3 is 9.84 Å². The highest BCUT2D eigenvalue weighted by Gasteiger charge is 2.07. The summed E-state index contributed by atoms with van der Waals surface area (Å²) in [5.74, 6) is -1.86. The molecule has 0 fully saturated rings. The van der Waals surface area contributed by atoms with Gasteiger partial charge in [-0.1, -0.05) is 0 Å². The van der Waals surface area contributed by atoms with E-state index in [-0.39, 0.29) is 12.2 Å². The minimum absolute atomic E-state index is 0.0306. The largest absolute Gasteiger partial charge is 0.478 e. The summed E-state index contributed by atoms with van der Waals surface area (Å²) >= 11 is 0. The highest BCUT2D eigenvalue weighted by atomic mass is 16.5. The number of carbonyl (C=O) groups is 2. The molecule has 0 heterocycles. The Morgan fingerprint density at radius 1 is 1.50 bits per heavy atom. The van der Waals surface area contributed by atoms with Crippen LogP contribution in [0, 0.1) is 0 Å². The van der Waals surface area contributed by atoms with Gasteiger partial charge in [-0.05, 0) is 13.3 Å². The first kappa shape index (κ1) is 12.8. The lowest BCUT2D eigenvalue weighted by atomic mass is 9.69. The van der Waals surface area contributed by atoms with Crippen molar-refractivity contribution in [3.63, 3.8) is 0 Å². The Labute approximate surface area is 85.1 Å². The van der Waals surface area contributed by atoms with Crippen LogP contribution in [0.4, 0.5) is 0 Å². The van der Waals surface area contributed by atoms with Gasteiger partial charge in [0, 0.05) is 11.6 Å². The fourth-order valence-electron chi connectivity index (χ4n) is 0.646. The Morgan fingerprint density at radius 2 is 2.07 bits per heavy atom. The summed E-state index contributed by atoms with van der Waals surface area (Å²) in [6.45, 7) is 1.44. The lowest BCUT2D eigenvalue weighted by Crippen LogP contribution is -2.10. The van der Waals surface area contributed by atoms with Crippen molar-refractivity contribution in [2.24, 2.45) is 0 Å². The van der Waals surface area contributed by atoms with Crippen LogP contribution in [0.2, 0.25) is 5.72 Å². The van der Waals surface area contributed by atoms with Gasteiger partial charge in [0.25, 0.3) is 0 Å². The maximum atomic E-state index is 11.0. The monoisotopic (exact) mass is 192 g/mol. The van der Waals surface area contributed by atoms with Gasteiger partial charge in [-0.2, -0.15) is 0 Å². The third-order valence-electron chi connectivity index (χ3n) is 1.35. The maximum Gasteiger partial charge on any atom is 0.333 e. The second-order valence-corrected chi connectivity index (χ2v) is 2.75. The zero-order chi connectivity index (χ0) is 11.1. The molecule has 14 heavy (non-hydrogen) atoms. The first-order valence-electron chi connectivity index (χ1n) is 4.03. The Kier molecular flexibility index (Phi) is 5.76. The third kappa shape index (κ3) is 6.34. The minimum atomic E-state index is -1.19. The molecular weight excluding hydrogens is 182 g/mol. The number of carboxylic acids is 1. The number of esters is 1. The maximum absolute atomic E-state index is 11.0. The molecule has 1 N–H and O–H groups in total. The molecule has 0 aromatic heterocycles. The molecule has 0 bridgehead atoms. The second-order valence-electron chi connectivity index (χ2n) is 2.75. The standard InChI is InChI=1S/C8H10B2O4/c1-5(4-7(11)12)8(13)14-3-2-6(9)10/h4,6H,2-3H2,1H3,(H,11,12)/b5-4+. The SMILES string of the molecule is [B]C([B])CCOC(=O)/C(C)=C/C(=O)O. The van der Waals surface area contributed by atoms with E-state index in [1.54, 1.807) is 0 Å². The molecule has 0 aliphatic rings. The fraction of sp³-hybridized carbons (Fsp3) is 0.500. The van der Waals surface area contributed by atoms with Crippen LogP contribution in [0.15, 0.2) is 11.6 Å². The minimum Gasteiger partial charge on any atom is -0.478 e. The van der Waals surface area contributed by atoms with Gasteiger partial charge in [0.1, 0.15) is 0 Å². The molecule has 0 atom stereocenters. The molecule has 72 valence electrons. The average Bonchev–Trinajstić information content (AvgIpc) is 2.01. The van der Waals surface area contributed by atoms with Gasteiger partial charge in [-0.3, -0.25) is 0 Å². The number of carboxylic acid groups (broad SMARTS) is 1. The quantitative estimate of drug-likeness (QED) is 0.379. The molecule has 0 unspecified atom stereocenters. The molecule has 0 spiro atoms. The van der Waals surface area contributed by atoms with Crippen LogP contribution in [0.5, 0.6) is 0 Å². The topological polar surface area (TPSA) is 63.6 Å². The number of aliphatic carboxylic acids is 1. The van der Waals surface area contributed by atoms with Gasteiger partial charge in [-0.25, -0.2) is 9.59 Å². The van der Waals surface area contributed by atoms with E-state index in [1.807, 2.05) is 0 Å². The summed E-state index contributed by atoms with van der Waals surface area (Å²) < 4.78 is 4.68. The zero-order valence-corrected chi connectivity index (χ0v) is 7.90. The van der Waals surface area contributed by atoms with E-state index in [0.717, 1.165) is 6.08 Å². The van der Waals surface area contributed by atoms with Gasteiger partial charge in [0.2, 0.25) is 0 Å². The lowest BCUT2D eigenvalue weighted by molar-refractivity contribution is -0.140. The van der Waals surface area contributed by atoms with Crippen LogP contribution in [-0.2, 0) is 14.3 Å². The first-order valence-corrected chi connectivity index (χ1v) is 4.03. The van der Waals surface area contributed by atoms with Crippen LogP contribution in [0.3, 0.4) is 0 Å². The van der Waals surface area contributed by atoms with Crippen molar-refractivity contribution in [2.45, 2.75) is 19.1 Å². The molecule has 0 aliphatic heterocycles. The van der Waals surface area contributed by atoms with Crippen molar-refractivity contribution in [1.82, 2.24) is 0 Å². The van der Waals surface area contributed by atoms with Crippen molar-refractivity contribution >= 4 is 27.6 Å². The molecular formula is C8H10B2O4. The summed E-state index contributed by atoms with van der Waals surface area (Å²) in [5, 5.41) is 8.32. The van der Waals surface area contributed by atoms with Crippen molar-refractivity contribution in [3.8, 4) is 0 Å². The predicted molar refractivity (Wildman–Crippen MR) is 52.2 cm³/mol. The Bertz CT molecular complexity index is 248. The predicted octanol–water partition coefficient (Wildman–Crippen LogP) is 0.0336. The van der Waals surface area contributed by atoms with Crippen LogP contribution in [0.1, 0.15) is 13.3 Å². The summed E-state index contributed by atoms with van der Waals surface area (Å²) in [6, 6.07) is 0. The molecule has 0 aliphatic carbocycles. The molecule has 0 aromatic carbocycles. The first-order chi connectivity index (χ1) is 6.43. The van der Waals surface area contributed by atoms with E-state index < -0.39 is 17.7 Å². The molecule has 0 aromatic rings. The molecule has 0 saturated heterocycles. The van der Waals surface area contributed by atoms with Crippen LogP contribution in [0.25, 0.3) is 0 Å². The van der Waals surface area contributed by atoms with Crippen molar-refractivity contribution in [3.05, 3.63) is 11.6 Å². The van der Waals surface area contributed by atoms with Crippen LogP contribution < -0.4 is 0 Å². The Hall–Kier alpha value is -1.19. The van der Waals surface area contributed by atoms with Gasteiger partial charge in [-0.15, -0.1) is 5.72 Å². The van der Waals surface area contributed by atoms with Gasteiger partial charge in [0.05, 0.1) is 22.3 Å². The second kappa shape index (κ2) is 6.29. The summed E-state index contributed by atoms with van der Waals surface area (Å²) in [5.41, 5.74) is -0.505. The Balaban J connectivity index is 3.91. The van der Waals surface area contributed by atoms with Crippen LogP contribution >= 0.6 is 0 Å². The van der Waals surface area contributed by atoms with Crippen molar-refractivity contribution in [2.75, 3.05) is 6.61 Å². The van der Waals surface area contributed by atoms with Crippen molar-refractivity contribution in [1.29, 1.82) is 0 Å². The molecule has 4 radical (unpaired) electrons. The highest BCUT2D eigenvalue weighted by molar-refractivity contribution is 6.35. The van der Waals surface area contributed by atoms with E-state index in [9.17, 15) is 9.59 Å². The number of ether oxygens (including phenoxy) is 1. The number of hydrogen-bond acceptors (Lipinski definition) is 3. The van der Waals surface area contributed by atoms with Gasteiger partial charge in [0.15, 0.2) is 0 Å². The highest BCUT2D eigenvalue weighted by Crippen LogP contribution is 2.01. The molecule has 0 rings (SSSR count). The number of hydrogen-bond donors (Lipinski definition) is 1. The van der Waals surface area contributed by atoms with E-state index in [2.05, 4.69) is 4.74 Å². The van der Waals surface area contributed by atoms with E-state index in [0.29, 0.717) is 6.42 Å². The molecule has 0 saturated carbocycles. The van der Waals surface area contributed by atoms with E-state index in [1.165, 1.54) is 6.92 Å². The lowest BCUT2D eigenvalue weighted by Gasteiger charge is -2.06. The summed E-state index contributed by atoms with van der Waals surface area (Å²) in [7, 11) is 10.4. The third-order valence-corrected chi connectivity index (χ3v) is 1.35. The summed E-state index contributed by atoms with van der Waals surface area (Å²) in [4.78, 5) is 21.2. The summed E-state index contributed by atoms with van der Waals surface area (Å²) in [6.07, 6.45) is 1.12. The van der Waals surface area contributed by atoms with E-state index >= 15 is 0 Å². The van der Waals surface area contributed by atoms with Gasteiger partial charge >= 0.3 is 11.9 Å².